The Morgan fingerprint density at radius 3 is 2.59 bits per heavy atom. The third-order valence-electron chi connectivity index (χ3n) is 4.12. The minimum absolute atomic E-state index is 0.328. The molecule has 0 aromatic carbocycles. The third kappa shape index (κ3) is 3.62. The lowest BCUT2D eigenvalue weighted by Gasteiger charge is -2.31. The Morgan fingerprint density at radius 1 is 1.29 bits per heavy atom. The molecule has 98 valence electrons. The molecule has 0 N–H and O–H groups in total. The maximum atomic E-state index is 11.7. The molecule has 1 atom stereocenters. The predicted molar refractivity (Wildman–Crippen MR) is 73.4 cm³/mol. The van der Waals surface area contributed by atoms with Crippen molar-refractivity contribution in [3.63, 3.8) is 0 Å². The highest BCUT2D eigenvalue weighted by molar-refractivity contribution is 7.80. The molecule has 0 saturated carbocycles. The molecule has 1 amide bonds. The Kier molecular flexibility index (Phi) is 4.74. The van der Waals surface area contributed by atoms with E-state index in [-0.39, 0.29) is 0 Å². The maximum Gasteiger partial charge on any atom is 0.222 e. The molecule has 0 aromatic heterocycles. The number of carbonyl (C=O) groups is 1. The smallest absolute Gasteiger partial charge is 0.222 e. The number of likely N-dealkylation sites (tertiary alicyclic amines) is 2. The summed E-state index contributed by atoms with van der Waals surface area (Å²) in [5.74, 6) is 2.53. The average molecular weight is 256 g/mol. The number of nitrogens with zero attached hydrogens (tertiary/aromatic N) is 2. The van der Waals surface area contributed by atoms with Crippen molar-refractivity contribution in [3.8, 4) is 0 Å². The van der Waals surface area contributed by atoms with Gasteiger partial charge in [0.25, 0.3) is 0 Å². The molecule has 2 saturated heterocycles. The van der Waals surface area contributed by atoms with E-state index in [0.717, 1.165) is 31.3 Å². The van der Waals surface area contributed by atoms with Gasteiger partial charge < -0.3 is 9.80 Å². The van der Waals surface area contributed by atoms with Gasteiger partial charge in [0.15, 0.2) is 0 Å². The standard InChI is InChI=1S/C13H24N2OS/c1-11-2-4-14(5-3-11)6-7-15-9-12(10-17)8-13(15)16/h11-12,17H,2-10H2,1H3. The lowest BCUT2D eigenvalue weighted by atomic mass is 9.99. The van der Waals surface area contributed by atoms with Gasteiger partial charge in [-0.15, -0.1) is 0 Å². The molecule has 2 rings (SSSR count). The summed E-state index contributed by atoms with van der Waals surface area (Å²) in [6, 6.07) is 0. The van der Waals surface area contributed by atoms with Crippen molar-refractivity contribution in [1.82, 2.24) is 9.80 Å². The molecule has 0 aromatic rings. The van der Waals surface area contributed by atoms with Crippen LogP contribution in [0.3, 0.4) is 0 Å². The first-order valence-electron chi connectivity index (χ1n) is 6.80. The summed E-state index contributed by atoms with van der Waals surface area (Å²) in [6.45, 7) is 7.64. The van der Waals surface area contributed by atoms with Crippen LogP contribution >= 0.6 is 12.6 Å². The number of thiol groups is 1. The number of piperidine rings is 1. The van der Waals surface area contributed by atoms with Crippen LogP contribution in [0, 0.1) is 11.8 Å². The summed E-state index contributed by atoms with van der Waals surface area (Å²) in [5.41, 5.74) is 0. The van der Waals surface area contributed by atoms with Crippen LogP contribution in [0.2, 0.25) is 0 Å². The summed E-state index contributed by atoms with van der Waals surface area (Å²) < 4.78 is 0. The zero-order valence-corrected chi connectivity index (χ0v) is 11.7. The Labute approximate surface area is 110 Å². The minimum Gasteiger partial charge on any atom is -0.341 e. The molecule has 2 aliphatic heterocycles. The van der Waals surface area contributed by atoms with E-state index < -0.39 is 0 Å². The fourth-order valence-electron chi connectivity index (χ4n) is 2.74. The highest BCUT2D eigenvalue weighted by Gasteiger charge is 2.28. The molecular formula is C13H24N2OS. The van der Waals surface area contributed by atoms with E-state index in [2.05, 4.69) is 24.5 Å². The van der Waals surface area contributed by atoms with Gasteiger partial charge in [-0.25, -0.2) is 0 Å². The van der Waals surface area contributed by atoms with Crippen LogP contribution in [0.15, 0.2) is 0 Å². The molecule has 2 fully saturated rings. The monoisotopic (exact) mass is 256 g/mol. The van der Waals surface area contributed by atoms with Gasteiger partial charge in [-0.1, -0.05) is 6.92 Å². The molecule has 0 radical (unpaired) electrons. The maximum absolute atomic E-state index is 11.7. The van der Waals surface area contributed by atoms with Crippen LogP contribution in [0.4, 0.5) is 0 Å². The number of hydrogen-bond donors (Lipinski definition) is 1. The topological polar surface area (TPSA) is 23.6 Å². The van der Waals surface area contributed by atoms with E-state index in [1.807, 2.05) is 4.90 Å². The van der Waals surface area contributed by atoms with Crippen molar-refractivity contribution in [1.29, 1.82) is 0 Å². The molecule has 0 spiro atoms. The van der Waals surface area contributed by atoms with Crippen molar-refractivity contribution in [2.45, 2.75) is 26.2 Å². The van der Waals surface area contributed by atoms with Crippen molar-refractivity contribution in [3.05, 3.63) is 0 Å². The van der Waals surface area contributed by atoms with Gasteiger partial charge in [0.1, 0.15) is 0 Å². The first kappa shape index (κ1) is 13.2. The molecule has 0 bridgehead atoms. The fourth-order valence-corrected chi connectivity index (χ4v) is 2.98. The zero-order chi connectivity index (χ0) is 12.3. The average Bonchev–Trinajstić information content (AvgIpc) is 2.69. The third-order valence-corrected chi connectivity index (χ3v) is 4.63. The molecule has 1 unspecified atom stereocenters. The number of carbonyl (C=O) groups excluding carboxylic acids is 1. The summed E-state index contributed by atoms with van der Waals surface area (Å²) >= 11 is 4.29. The molecule has 2 aliphatic rings. The second kappa shape index (κ2) is 6.10. The van der Waals surface area contributed by atoms with Crippen LogP contribution in [0.5, 0.6) is 0 Å². The number of hydrogen-bond acceptors (Lipinski definition) is 3. The number of amides is 1. The van der Waals surface area contributed by atoms with E-state index in [0.29, 0.717) is 18.2 Å². The second-order valence-corrected chi connectivity index (χ2v) is 5.98. The SMILES string of the molecule is CC1CCN(CCN2CC(CS)CC2=O)CC1. The Hall–Kier alpha value is -0.220. The predicted octanol–water partition coefficient (Wildman–Crippen LogP) is 1.50. The molecule has 3 nitrogen and oxygen atoms in total. The highest BCUT2D eigenvalue weighted by atomic mass is 32.1. The minimum atomic E-state index is 0.328. The van der Waals surface area contributed by atoms with Gasteiger partial charge in [0.2, 0.25) is 5.91 Å². The van der Waals surface area contributed by atoms with E-state index in [1.165, 1.54) is 25.9 Å². The lowest BCUT2D eigenvalue weighted by Crippen LogP contribution is -2.39. The molecular weight excluding hydrogens is 232 g/mol. The van der Waals surface area contributed by atoms with Crippen LogP contribution < -0.4 is 0 Å². The van der Waals surface area contributed by atoms with Gasteiger partial charge in [0, 0.05) is 26.1 Å². The first-order chi connectivity index (χ1) is 8.19. The summed E-state index contributed by atoms with van der Waals surface area (Å²) in [7, 11) is 0. The molecule has 4 heteroatoms. The van der Waals surface area contributed by atoms with Gasteiger partial charge in [-0.05, 0) is 43.5 Å². The molecule has 17 heavy (non-hydrogen) atoms. The van der Waals surface area contributed by atoms with Gasteiger partial charge in [-0.3, -0.25) is 4.79 Å². The largest absolute Gasteiger partial charge is 0.341 e. The molecule has 2 heterocycles. The van der Waals surface area contributed by atoms with Crippen molar-refractivity contribution in [2.75, 3.05) is 38.5 Å². The summed E-state index contributed by atoms with van der Waals surface area (Å²) in [6.07, 6.45) is 3.33. The first-order valence-corrected chi connectivity index (χ1v) is 7.43. The van der Waals surface area contributed by atoms with E-state index in [4.69, 9.17) is 0 Å². The van der Waals surface area contributed by atoms with Crippen LogP contribution in [-0.2, 0) is 4.79 Å². The Balaban J connectivity index is 1.70. The summed E-state index contributed by atoms with van der Waals surface area (Å²) in [4.78, 5) is 16.3. The van der Waals surface area contributed by atoms with Crippen LogP contribution in [0.25, 0.3) is 0 Å². The fraction of sp³-hybridized carbons (Fsp3) is 0.923. The second-order valence-electron chi connectivity index (χ2n) is 5.62. The Morgan fingerprint density at radius 2 is 2.00 bits per heavy atom. The van der Waals surface area contributed by atoms with E-state index in [1.54, 1.807) is 0 Å². The quantitative estimate of drug-likeness (QED) is 0.771. The lowest BCUT2D eigenvalue weighted by molar-refractivity contribution is -0.127. The highest BCUT2D eigenvalue weighted by Crippen LogP contribution is 2.19. The summed E-state index contributed by atoms with van der Waals surface area (Å²) in [5, 5.41) is 0. The van der Waals surface area contributed by atoms with Crippen molar-refractivity contribution < 1.29 is 4.79 Å². The van der Waals surface area contributed by atoms with E-state index in [9.17, 15) is 4.79 Å². The van der Waals surface area contributed by atoms with Gasteiger partial charge in [-0.2, -0.15) is 12.6 Å². The Bertz CT molecular complexity index is 264. The molecule has 0 aliphatic carbocycles. The van der Waals surface area contributed by atoms with Crippen LogP contribution in [0.1, 0.15) is 26.2 Å². The van der Waals surface area contributed by atoms with Gasteiger partial charge >= 0.3 is 0 Å². The number of rotatable bonds is 4. The van der Waals surface area contributed by atoms with Crippen molar-refractivity contribution in [2.24, 2.45) is 11.8 Å². The normalized spacial score (nSPS) is 28.0. The van der Waals surface area contributed by atoms with Gasteiger partial charge in [0.05, 0.1) is 0 Å². The zero-order valence-electron chi connectivity index (χ0n) is 10.8. The van der Waals surface area contributed by atoms with E-state index >= 15 is 0 Å². The van der Waals surface area contributed by atoms with Crippen LogP contribution in [-0.4, -0.2) is 54.2 Å². The van der Waals surface area contributed by atoms with Crippen molar-refractivity contribution >= 4 is 18.5 Å².